The van der Waals surface area contributed by atoms with Crippen molar-refractivity contribution in [1.29, 1.82) is 0 Å². The average Bonchev–Trinajstić information content (AvgIpc) is 2.51. The number of carbonyl (C=O) groups excluding carboxylic acids is 1. The van der Waals surface area contributed by atoms with Crippen molar-refractivity contribution in [3.05, 3.63) is 24.3 Å². The minimum absolute atomic E-state index is 0.0848. The van der Waals surface area contributed by atoms with Gasteiger partial charge in [0.15, 0.2) is 9.84 Å². The zero-order valence-corrected chi connectivity index (χ0v) is 11.3. The van der Waals surface area contributed by atoms with E-state index in [9.17, 15) is 18.3 Å². The van der Waals surface area contributed by atoms with Gasteiger partial charge in [0.2, 0.25) is 5.91 Å². The van der Waals surface area contributed by atoms with Crippen molar-refractivity contribution in [1.82, 2.24) is 0 Å². The summed E-state index contributed by atoms with van der Waals surface area (Å²) in [4.78, 5) is 11.0. The number of anilines is 2. The number of rotatable bonds is 3. The van der Waals surface area contributed by atoms with Gasteiger partial charge in [-0.3, -0.25) is 4.79 Å². The van der Waals surface area contributed by atoms with Crippen molar-refractivity contribution in [2.24, 2.45) is 0 Å². The Balaban J connectivity index is 2.09. The van der Waals surface area contributed by atoms with Crippen LogP contribution in [0.2, 0.25) is 0 Å². The number of amides is 1. The van der Waals surface area contributed by atoms with Crippen molar-refractivity contribution in [2.75, 3.05) is 22.1 Å². The lowest BCUT2D eigenvalue weighted by Gasteiger charge is -2.16. The van der Waals surface area contributed by atoms with Gasteiger partial charge in [-0.05, 0) is 18.2 Å². The zero-order valence-electron chi connectivity index (χ0n) is 10.5. The predicted molar refractivity (Wildman–Crippen MR) is 72.8 cm³/mol. The molecule has 1 aliphatic heterocycles. The Bertz CT molecular complexity index is 585. The van der Waals surface area contributed by atoms with E-state index in [-0.39, 0.29) is 17.4 Å². The second kappa shape index (κ2) is 5.18. The van der Waals surface area contributed by atoms with E-state index in [4.69, 9.17) is 0 Å². The molecule has 1 saturated heterocycles. The van der Waals surface area contributed by atoms with Gasteiger partial charge in [0, 0.05) is 18.3 Å². The maximum Gasteiger partial charge on any atom is 0.221 e. The third kappa shape index (κ3) is 3.68. The van der Waals surface area contributed by atoms with Crippen molar-refractivity contribution in [3.8, 4) is 0 Å². The second-order valence-electron chi connectivity index (χ2n) is 4.66. The third-order valence-corrected chi connectivity index (χ3v) is 4.57. The molecule has 0 spiro atoms. The number of hydrogen-bond donors (Lipinski definition) is 3. The molecule has 0 unspecified atom stereocenters. The minimum atomic E-state index is -3.18. The molecule has 1 aromatic carbocycles. The molecule has 19 heavy (non-hydrogen) atoms. The van der Waals surface area contributed by atoms with Gasteiger partial charge in [0.1, 0.15) is 0 Å². The number of hydrogen-bond acceptors (Lipinski definition) is 5. The summed E-state index contributed by atoms with van der Waals surface area (Å²) in [6.07, 6.45) is -0.908. The van der Waals surface area contributed by atoms with E-state index in [1.165, 1.54) is 6.92 Å². The normalized spacial score (nSPS) is 24.9. The minimum Gasteiger partial charge on any atom is -0.390 e. The number of benzene rings is 1. The maximum atomic E-state index is 11.4. The quantitative estimate of drug-likeness (QED) is 0.737. The van der Waals surface area contributed by atoms with Gasteiger partial charge in [-0.1, -0.05) is 6.07 Å². The van der Waals surface area contributed by atoms with Crippen molar-refractivity contribution in [3.63, 3.8) is 0 Å². The first kappa shape index (κ1) is 13.8. The largest absolute Gasteiger partial charge is 0.390 e. The number of aliphatic hydroxyl groups excluding tert-OH is 1. The molecule has 0 aliphatic carbocycles. The summed E-state index contributed by atoms with van der Waals surface area (Å²) in [5.74, 6) is -0.477. The van der Waals surface area contributed by atoms with Gasteiger partial charge < -0.3 is 15.7 Å². The fourth-order valence-corrected chi connectivity index (χ4v) is 3.81. The standard InChI is InChI=1S/C12H16N2O4S/c1-8(15)13-9-3-2-4-10(5-9)14-11-6-19(17,18)7-12(11)16/h2-5,11-12,14,16H,6-7H2,1H3,(H,13,15)/t11-,12+/m1/s1. The Hall–Kier alpha value is -1.60. The van der Waals surface area contributed by atoms with E-state index in [0.717, 1.165) is 0 Å². The molecule has 0 aromatic heterocycles. The molecular weight excluding hydrogens is 268 g/mol. The highest BCUT2D eigenvalue weighted by atomic mass is 32.2. The molecule has 3 N–H and O–H groups in total. The summed E-state index contributed by atoms with van der Waals surface area (Å²) in [7, 11) is -3.18. The predicted octanol–water partition coefficient (Wildman–Crippen LogP) is 0.215. The molecule has 1 aliphatic rings. The molecule has 0 radical (unpaired) electrons. The summed E-state index contributed by atoms with van der Waals surface area (Å²) in [5.41, 5.74) is 1.28. The smallest absolute Gasteiger partial charge is 0.221 e. The second-order valence-corrected chi connectivity index (χ2v) is 6.81. The summed E-state index contributed by atoms with van der Waals surface area (Å²) >= 11 is 0. The van der Waals surface area contributed by atoms with E-state index in [0.29, 0.717) is 11.4 Å². The number of aliphatic hydroxyl groups is 1. The number of carbonyl (C=O) groups is 1. The molecule has 1 amide bonds. The first-order valence-electron chi connectivity index (χ1n) is 5.88. The highest BCUT2D eigenvalue weighted by Crippen LogP contribution is 2.20. The zero-order chi connectivity index (χ0) is 14.0. The van der Waals surface area contributed by atoms with Crippen LogP contribution in [0.25, 0.3) is 0 Å². The van der Waals surface area contributed by atoms with Crippen LogP contribution in [0.15, 0.2) is 24.3 Å². The fourth-order valence-electron chi connectivity index (χ4n) is 2.07. The molecule has 1 heterocycles. The number of nitrogens with one attached hydrogen (secondary N) is 2. The number of sulfone groups is 1. The van der Waals surface area contributed by atoms with E-state index >= 15 is 0 Å². The van der Waals surface area contributed by atoms with E-state index in [1.807, 2.05) is 0 Å². The van der Waals surface area contributed by atoms with Crippen molar-refractivity contribution >= 4 is 27.1 Å². The Morgan fingerprint density at radius 2 is 2.00 bits per heavy atom. The van der Waals surface area contributed by atoms with Gasteiger partial charge in [-0.2, -0.15) is 0 Å². The molecule has 0 saturated carbocycles. The van der Waals surface area contributed by atoms with E-state index in [1.54, 1.807) is 24.3 Å². The highest BCUT2D eigenvalue weighted by molar-refractivity contribution is 7.91. The van der Waals surface area contributed by atoms with Crippen LogP contribution in [0.5, 0.6) is 0 Å². The van der Waals surface area contributed by atoms with Gasteiger partial charge in [0.05, 0.1) is 23.7 Å². The Kier molecular flexibility index (Phi) is 3.77. The maximum absolute atomic E-state index is 11.4. The van der Waals surface area contributed by atoms with Crippen LogP contribution in [-0.2, 0) is 14.6 Å². The molecule has 7 heteroatoms. The van der Waals surface area contributed by atoms with Crippen molar-refractivity contribution in [2.45, 2.75) is 19.1 Å². The van der Waals surface area contributed by atoms with Crippen LogP contribution in [0.4, 0.5) is 11.4 Å². The van der Waals surface area contributed by atoms with E-state index < -0.39 is 22.0 Å². The Morgan fingerprint density at radius 1 is 1.32 bits per heavy atom. The first-order chi connectivity index (χ1) is 8.85. The van der Waals surface area contributed by atoms with Crippen LogP contribution in [0, 0.1) is 0 Å². The molecular formula is C12H16N2O4S. The van der Waals surface area contributed by atoms with Gasteiger partial charge in [-0.25, -0.2) is 8.42 Å². The Morgan fingerprint density at radius 3 is 2.58 bits per heavy atom. The topological polar surface area (TPSA) is 95.5 Å². The molecule has 2 atom stereocenters. The van der Waals surface area contributed by atoms with Crippen LogP contribution in [-0.4, -0.2) is 43.1 Å². The summed E-state index contributed by atoms with van der Waals surface area (Å²) in [5, 5.41) is 15.3. The summed E-state index contributed by atoms with van der Waals surface area (Å²) in [6, 6.07) is 6.40. The molecule has 0 bridgehead atoms. The summed E-state index contributed by atoms with van der Waals surface area (Å²) < 4.78 is 22.8. The van der Waals surface area contributed by atoms with Crippen LogP contribution >= 0.6 is 0 Å². The molecule has 104 valence electrons. The highest BCUT2D eigenvalue weighted by Gasteiger charge is 2.36. The molecule has 1 fully saturated rings. The molecule has 1 aromatic rings. The average molecular weight is 284 g/mol. The lowest BCUT2D eigenvalue weighted by molar-refractivity contribution is -0.114. The SMILES string of the molecule is CC(=O)Nc1cccc(N[C@@H]2CS(=O)(=O)C[C@@H]2O)c1. The molecule has 6 nitrogen and oxygen atoms in total. The first-order valence-corrected chi connectivity index (χ1v) is 7.70. The van der Waals surface area contributed by atoms with Crippen LogP contribution in [0.3, 0.4) is 0 Å². The summed E-state index contributed by atoms with van der Waals surface area (Å²) in [6.45, 7) is 1.41. The van der Waals surface area contributed by atoms with Gasteiger partial charge >= 0.3 is 0 Å². The van der Waals surface area contributed by atoms with Gasteiger partial charge in [-0.15, -0.1) is 0 Å². The molecule has 2 rings (SSSR count). The monoisotopic (exact) mass is 284 g/mol. The van der Waals surface area contributed by atoms with Gasteiger partial charge in [0.25, 0.3) is 0 Å². The van der Waals surface area contributed by atoms with Crippen molar-refractivity contribution < 1.29 is 18.3 Å². The lowest BCUT2D eigenvalue weighted by Crippen LogP contribution is -2.31. The van der Waals surface area contributed by atoms with E-state index in [2.05, 4.69) is 10.6 Å². The Labute approximate surface area is 111 Å². The van der Waals surface area contributed by atoms with Crippen LogP contribution < -0.4 is 10.6 Å². The third-order valence-electron chi connectivity index (χ3n) is 2.86. The fraction of sp³-hybridized carbons (Fsp3) is 0.417. The van der Waals surface area contributed by atoms with Crippen LogP contribution in [0.1, 0.15) is 6.92 Å². The lowest BCUT2D eigenvalue weighted by atomic mass is 10.2.